The van der Waals surface area contributed by atoms with E-state index in [4.69, 9.17) is 0 Å². The molecule has 0 unspecified atom stereocenters. The quantitative estimate of drug-likeness (QED) is 0.519. The second-order valence-corrected chi connectivity index (χ2v) is 2.26. The topological polar surface area (TPSA) is 20.3 Å². The van der Waals surface area contributed by atoms with Crippen molar-refractivity contribution in [2.75, 3.05) is 13.1 Å². The first kappa shape index (κ1) is 7.06. The van der Waals surface area contributed by atoms with Crippen LogP contribution in [0.25, 0.3) is 0 Å². The van der Waals surface area contributed by atoms with E-state index in [2.05, 4.69) is 6.58 Å². The van der Waals surface area contributed by atoms with Crippen molar-refractivity contribution < 1.29 is 4.79 Å². The molecule has 0 atom stereocenters. The zero-order valence-corrected chi connectivity index (χ0v) is 5.92. The van der Waals surface area contributed by atoms with E-state index in [9.17, 15) is 4.79 Å². The van der Waals surface area contributed by atoms with E-state index >= 15 is 0 Å². The first-order chi connectivity index (χ1) is 4.84. The molecule has 1 heterocycles. The molecular weight excluding hydrogens is 126 g/mol. The number of rotatable bonds is 2. The van der Waals surface area contributed by atoms with Crippen molar-refractivity contribution in [3.8, 4) is 0 Å². The van der Waals surface area contributed by atoms with Crippen LogP contribution in [0.1, 0.15) is 6.42 Å². The zero-order chi connectivity index (χ0) is 7.40. The molecule has 0 bridgehead atoms. The van der Waals surface area contributed by atoms with Gasteiger partial charge in [0.05, 0.1) is 0 Å². The summed E-state index contributed by atoms with van der Waals surface area (Å²) in [6.07, 6.45) is 6.24. The van der Waals surface area contributed by atoms with Gasteiger partial charge in [-0.25, -0.2) is 0 Å². The Balaban J connectivity index is 2.52. The number of hydrogen-bond donors (Lipinski definition) is 0. The van der Waals surface area contributed by atoms with Gasteiger partial charge in [-0.15, -0.1) is 6.58 Å². The number of carbonyl (C=O) groups is 1. The van der Waals surface area contributed by atoms with E-state index in [-0.39, 0.29) is 5.91 Å². The van der Waals surface area contributed by atoms with Gasteiger partial charge in [-0.3, -0.25) is 4.79 Å². The van der Waals surface area contributed by atoms with Crippen molar-refractivity contribution in [1.82, 2.24) is 4.90 Å². The van der Waals surface area contributed by atoms with Gasteiger partial charge in [0, 0.05) is 13.1 Å². The maximum Gasteiger partial charge on any atom is 0.246 e. The average molecular weight is 137 g/mol. The molecule has 0 aromatic rings. The van der Waals surface area contributed by atoms with Gasteiger partial charge in [-0.2, -0.15) is 0 Å². The van der Waals surface area contributed by atoms with Crippen LogP contribution in [0.3, 0.4) is 0 Å². The van der Waals surface area contributed by atoms with Crippen molar-refractivity contribution in [1.29, 1.82) is 0 Å². The van der Waals surface area contributed by atoms with Gasteiger partial charge in [0.2, 0.25) is 5.91 Å². The lowest BCUT2D eigenvalue weighted by Gasteiger charge is -2.21. The van der Waals surface area contributed by atoms with Gasteiger partial charge >= 0.3 is 0 Å². The molecule has 0 aromatic carbocycles. The smallest absolute Gasteiger partial charge is 0.246 e. The summed E-state index contributed by atoms with van der Waals surface area (Å²) in [6.45, 7) is 5.08. The van der Waals surface area contributed by atoms with Crippen LogP contribution in [0.4, 0.5) is 0 Å². The first-order valence-corrected chi connectivity index (χ1v) is 3.41. The molecule has 1 aliphatic rings. The van der Waals surface area contributed by atoms with Crippen molar-refractivity contribution in [2.45, 2.75) is 6.42 Å². The summed E-state index contributed by atoms with van der Waals surface area (Å²) in [5, 5.41) is 0. The third-order valence-corrected chi connectivity index (χ3v) is 1.49. The van der Waals surface area contributed by atoms with E-state index in [0.717, 1.165) is 13.0 Å². The lowest BCUT2D eigenvalue weighted by Crippen LogP contribution is -2.32. The molecule has 0 aromatic heterocycles. The molecular formula is C8H11NO. The standard InChI is InChI=1S/C8H11NO/c1-2-6-9-7-4-3-5-8(9)10/h2-3,5H,1,4,6-7H2. The average Bonchev–Trinajstić information content (AvgIpc) is 1.94. The molecule has 1 amide bonds. The maximum absolute atomic E-state index is 11.0. The summed E-state index contributed by atoms with van der Waals surface area (Å²) >= 11 is 0. The summed E-state index contributed by atoms with van der Waals surface area (Å²) in [7, 11) is 0. The number of amides is 1. The third kappa shape index (κ3) is 1.47. The fraction of sp³-hybridized carbons (Fsp3) is 0.375. The highest BCUT2D eigenvalue weighted by Gasteiger charge is 2.10. The van der Waals surface area contributed by atoms with E-state index in [1.807, 2.05) is 6.08 Å². The number of carbonyl (C=O) groups excluding carboxylic acids is 1. The van der Waals surface area contributed by atoms with E-state index < -0.39 is 0 Å². The third-order valence-electron chi connectivity index (χ3n) is 1.49. The largest absolute Gasteiger partial charge is 0.335 e. The van der Waals surface area contributed by atoms with Gasteiger partial charge in [0.15, 0.2) is 0 Å². The molecule has 0 saturated heterocycles. The molecule has 2 nitrogen and oxygen atoms in total. The molecule has 0 aliphatic carbocycles. The van der Waals surface area contributed by atoms with Crippen molar-refractivity contribution in [3.63, 3.8) is 0 Å². The van der Waals surface area contributed by atoms with Gasteiger partial charge in [0.25, 0.3) is 0 Å². The molecule has 0 N–H and O–H groups in total. The number of nitrogens with zero attached hydrogens (tertiary/aromatic N) is 1. The maximum atomic E-state index is 11.0. The highest BCUT2D eigenvalue weighted by molar-refractivity contribution is 5.88. The molecule has 1 rings (SSSR count). The van der Waals surface area contributed by atoms with Crippen LogP contribution in [-0.2, 0) is 4.79 Å². The monoisotopic (exact) mass is 137 g/mol. The Morgan fingerprint density at radius 2 is 2.60 bits per heavy atom. The summed E-state index contributed by atoms with van der Waals surface area (Å²) in [6, 6.07) is 0. The highest BCUT2D eigenvalue weighted by atomic mass is 16.2. The zero-order valence-electron chi connectivity index (χ0n) is 5.92. The second-order valence-electron chi connectivity index (χ2n) is 2.26. The predicted octanol–water partition coefficient (Wildman–Crippen LogP) is 0.961. The van der Waals surface area contributed by atoms with Gasteiger partial charge < -0.3 is 4.90 Å². The van der Waals surface area contributed by atoms with Crippen molar-refractivity contribution in [2.24, 2.45) is 0 Å². The Morgan fingerprint density at radius 3 is 3.20 bits per heavy atom. The van der Waals surface area contributed by atoms with Gasteiger partial charge in [-0.1, -0.05) is 12.2 Å². The molecule has 0 saturated carbocycles. The van der Waals surface area contributed by atoms with Crippen LogP contribution >= 0.6 is 0 Å². The Labute approximate surface area is 60.8 Å². The minimum absolute atomic E-state index is 0.103. The van der Waals surface area contributed by atoms with Crippen LogP contribution in [0.5, 0.6) is 0 Å². The SMILES string of the molecule is C=CCN1CCC=CC1=O. The minimum atomic E-state index is 0.103. The first-order valence-electron chi connectivity index (χ1n) is 3.41. The van der Waals surface area contributed by atoms with Crippen LogP contribution in [-0.4, -0.2) is 23.9 Å². The molecule has 1 aliphatic heterocycles. The molecule has 54 valence electrons. The Bertz CT molecular complexity index is 172. The molecule has 10 heavy (non-hydrogen) atoms. The normalized spacial score (nSPS) is 17.6. The summed E-state index contributed by atoms with van der Waals surface area (Å²) in [5.74, 6) is 0.103. The van der Waals surface area contributed by atoms with Gasteiger partial charge in [0.1, 0.15) is 0 Å². The molecule has 2 heteroatoms. The van der Waals surface area contributed by atoms with Crippen LogP contribution in [0.15, 0.2) is 24.8 Å². The highest BCUT2D eigenvalue weighted by Crippen LogP contribution is 2.01. The Hall–Kier alpha value is -1.05. The van der Waals surface area contributed by atoms with E-state index in [1.54, 1.807) is 17.1 Å². The van der Waals surface area contributed by atoms with Gasteiger partial charge in [-0.05, 0) is 12.5 Å². The second kappa shape index (κ2) is 3.20. The molecule has 0 fully saturated rings. The van der Waals surface area contributed by atoms with E-state index in [0.29, 0.717) is 6.54 Å². The van der Waals surface area contributed by atoms with Crippen molar-refractivity contribution >= 4 is 5.91 Å². The minimum Gasteiger partial charge on any atom is -0.335 e. The van der Waals surface area contributed by atoms with Crippen molar-refractivity contribution in [3.05, 3.63) is 24.8 Å². The Kier molecular flexibility index (Phi) is 2.26. The van der Waals surface area contributed by atoms with Crippen LogP contribution < -0.4 is 0 Å². The van der Waals surface area contributed by atoms with Crippen LogP contribution in [0, 0.1) is 0 Å². The summed E-state index contributed by atoms with van der Waals surface area (Å²) < 4.78 is 0. The molecule has 0 radical (unpaired) electrons. The number of hydrogen-bond acceptors (Lipinski definition) is 1. The lowest BCUT2D eigenvalue weighted by atomic mass is 10.2. The predicted molar refractivity (Wildman–Crippen MR) is 40.5 cm³/mol. The van der Waals surface area contributed by atoms with Crippen LogP contribution in [0.2, 0.25) is 0 Å². The summed E-state index contributed by atoms with van der Waals surface area (Å²) in [4.78, 5) is 12.7. The summed E-state index contributed by atoms with van der Waals surface area (Å²) in [5.41, 5.74) is 0. The fourth-order valence-electron chi connectivity index (χ4n) is 0.967. The lowest BCUT2D eigenvalue weighted by molar-refractivity contribution is -0.126. The fourth-order valence-corrected chi connectivity index (χ4v) is 0.967. The van der Waals surface area contributed by atoms with E-state index in [1.165, 1.54) is 0 Å². The Morgan fingerprint density at radius 1 is 1.80 bits per heavy atom. The molecule has 0 spiro atoms.